The van der Waals surface area contributed by atoms with Crippen LogP contribution in [0.2, 0.25) is 0 Å². The summed E-state index contributed by atoms with van der Waals surface area (Å²) in [5.74, 6) is 0.620. The molecule has 1 radical (unpaired) electrons. The van der Waals surface area contributed by atoms with Crippen LogP contribution in [0.1, 0.15) is 42.9 Å². The van der Waals surface area contributed by atoms with Crippen molar-refractivity contribution in [1.82, 2.24) is 0 Å². The van der Waals surface area contributed by atoms with Crippen molar-refractivity contribution in [2.24, 2.45) is 0 Å². The van der Waals surface area contributed by atoms with Gasteiger partial charge >= 0.3 is 0 Å². The summed E-state index contributed by atoms with van der Waals surface area (Å²) in [6, 6.07) is 19.6. The highest BCUT2D eigenvalue weighted by molar-refractivity contribution is 5.26. The van der Waals surface area contributed by atoms with Crippen molar-refractivity contribution in [3.8, 4) is 0 Å². The monoisotopic (exact) mass is 237 g/mol. The van der Waals surface area contributed by atoms with Crippen LogP contribution in [0.3, 0.4) is 0 Å². The first-order chi connectivity index (χ1) is 8.75. The number of benzene rings is 2. The van der Waals surface area contributed by atoms with E-state index in [4.69, 9.17) is 0 Å². The molecule has 93 valence electrons. The van der Waals surface area contributed by atoms with Gasteiger partial charge in [-0.2, -0.15) is 0 Å². The minimum absolute atomic E-state index is 0.620. The van der Waals surface area contributed by atoms with Crippen molar-refractivity contribution >= 4 is 0 Å². The van der Waals surface area contributed by atoms with Gasteiger partial charge in [0, 0.05) is 0 Å². The number of rotatable bonds is 5. The van der Waals surface area contributed by atoms with Crippen LogP contribution in [-0.2, 0) is 6.42 Å². The van der Waals surface area contributed by atoms with E-state index in [-0.39, 0.29) is 0 Å². The highest BCUT2D eigenvalue weighted by Crippen LogP contribution is 2.16. The normalized spacial score (nSPS) is 10.8. The Labute approximate surface area is 111 Å². The summed E-state index contributed by atoms with van der Waals surface area (Å²) in [6.45, 7) is 4.47. The van der Waals surface area contributed by atoms with Gasteiger partial charge in [0.05, 0.1) is 0 Å². The maximum atomic E-state index is 2.30. The standard InChI is InChI=1S/C18H21/c1-15(2)18-13-11-17(12-14-18)10-6-9-16-7-4-3-5-8-16/h3-5,7-9,11-15H,6,10H2,1-2H3. The lowest BCUT2D eigenvalue weighted by molar-refractivity contribution is 0.862. The summed E-state index contributed by atoms with van der Waals surface area (Å²) in [5, 5.41) is 0. The van der Waals surface area contributed by atoms with Crippen LogP contribution in [0.15, 0.2) is 54.6 Å². The lowest BCUT2D eigenvalue weighted by atomic mass is 9.99. The van der Waals surface area contributed by atoms with Crippen LogP contribution >= 0.6 is 0 Å². The van der Waals surface area contributed by atoms with E-state index in [1.807, 2.05) is 0 Å². The average molecular weight is 237 g/mol. The maximum absolute atomic E-state index is 2.30. The van der Waals surface area contributed by atoms with E-state index in [9.17, 15) is 0 Å². The smallest absolute Gasteiger partial charge is 0.00898 e. The Bertz CT molecular complexity index is 451. The fourth-order valence-corrected chi connectivity index (χ4v) is 2.06. The van der Waals surface area contributed by atoms with E-state index >= 15 is 0 Å². The van der Waals surface area contributed by atoms with Crippen molar-refractivity contribution in [2.75, 3.05) is 0 Å². The molecule has 0 aliphatic rings. The third-order valence-corrected chi connectivity index (χ3v) is 3.26. The number of aryl methyl sites for hydroxylation is 1. The fourth-order valence-electron chi connectivity index (χ4n) is 2.06. The molecule has 0 aliphatic heterocycles. The molecule has 0 spiro atoms. The van der Waals surface area contributed by atoms with E-state index in [0.29, 0.717) is 5.92 Å². The Morgan fingerprint density at radius 3 is 2.17 bits per heavy atom. The van der Waals surface area contributed by atoms with Gasteiger partial charge < -0.3 is 0 Å². The fraction of sp³-hybridized carbons (Fsp3) is 0.278. The molecule has 0 aromatic heterocycles. The predicted molar refractivity (Wildman–Crippen MR) is 78.7 cm³/mol. The molecule has 2 aromatic carbocycles. The molecule has 2 aromatic rings. The van der Waals surface area contributed by atoms with E-state index in [0.717, 1.165) is 12.8 Å². The molecule has 0 unspecified atom stereocenters. The zero-order valence-electron chi connectivity index (χ0n) is 11.3. The van der Waals surface area contributed by atoms with Crippen LogP contribution < -0.4 is 0 Å². The highest BCUT2D eigenvalue weighted by atomic mass is 14.0. The largest absolute Gasteiger partial charge is 0.0622 e. The van der Waals surface area contributed by atoms with Gasteiger partial charge in [0.25, 0.3) is 0 Å². The molecule has 0 fully saturated rings. The van der Waals surface area contributed by atoms with Gasteiger partial charge in [-0.3, -0.25) is 0 Å². The zero-order valence-corrected chi connectivity index (χ0v) is 11.3. The third-order valence-electron chi connectivity index (χ3n) is 3.26. The molecule has 0 saturated heterocycles. The molecule has 2 rings (SSSR count). The Morgan fingerprint density at radius 2 is 1.56 bits per heavy atom. The van der Waals surface area contributed by atoms with Crippen molar-refractivity contribution < 1.29 is 0 Å². The van der Waals surface area contributed by atoms with Gasteiger partial charge in [-0.1, -0.05) is 68.4 Å². The molecule has 0 aliphatic carbocycles. The molecular weight excluding hydrogens is 216 g/mol. The van der Waals surface area contributed by atoms with Crippen LogP contribution in [0.25, 0.3) is 0 Å². The molecule has 0 atom stereocenters. The summed E-state index contributed by atoms with van der Waals surface area (Å²) < 4.78 is 0. The quantitative estimate of drug-likeness (QED) is 0.687. The minimum atomic E-state index is 0.620. The Kier molecular flexibility index (Phi) is 4.58. The summed E-state index contributed by atoms with van der Waals surface area (Å²) in [5.41, 5.74) is 4.16. The van der Waals surface area contributed by atoms with Crippen molar-refractivity contribution in [3.05, 3.63) is 77.7 Å². The van der Waals surface area contributed by atoms with Gasteiger partial charge in [-0.05, 0) is 41.9 Å². The summed E-state index contributed by atoms with van der Waals surface area (Å²) in [4.78, 5) is 0. The number of hydrogen-bond acceptors (Lipinski definition) is 0. The molecule has 0 N–H and O–H groups in total. The van der Waals surface area contributed by atoms with Crippen LogP contribution in [0.5, 0.6) is 0 Å². The summed E-state index contributed by atoms with van der Waals surface area (Å²) >= 11 is 0. The molecule has 0 nitrogen and oxygen atoms in total. The molecule has 18 heavy (non-hydrogen) atoms. The van der Waals surface area contributed by atoms with E-state index in [2.05, 4.69) is 74.9 Å². The van der Waals surface area contributed by atoms with Gasteiger partial charge in [0.15, 0.2) is 0 Å². The average Bonchev–Trinajstić information content (AvgIpc) is 2.40. The summed E-state index contributed by atoms with van der Waals surface area (Å²) in [6.07, 6.45) is 4.52. The molecular formula is C18H21. The molecule has 0 saturated carbocycles. The molecule has 0 heteroatoms. The van der Waals surface area contributed by atoms with Crippen LogP contribution in [0, 0.1) is 6.42 Å². The molecule has 0 amide bonds. The first-order valence-electron chi connectivity index (χ1n) is 6.73. The SMILES string of the molecule is CC(C)c1ccc(CC[CH]c2ccccc2)cc1. The third kappa shape index (κ3) is 3.73. The molecule has 0 heterocycles. The Hall–Kier alpha value is -1.56. The van der Waals surface area contributed by atoms with Crippen LogP contribution in [0.4, 0.5) is 0 Å². The van der Waals surface area contributed by atoms with Gasteiger partial charge in [0.1, 0.15) is 0 Å². The van der Waals surface area contributed by atoms with Gasteiger partial charge in [0.2, 0.25) is 0 Å². The topological polar surface area (TPSA) is 0 Å². The van der Waals surface area contributed by atoms with E-state index in [1.54, 1.807) is 0 Å². The van der Waals surface area contributed by atoms with Gasteiger partial charge in [-0.15, -0.1) is 0 Å². The van der Waals surface area contributed by atoms with Crippen molar-refractivity contribution in [1.29, 1.82) is 0 Å². The lowest BCUT2D eigenvalue weighted by Crippen LogP contribution is -1.90. The molecule has 0 bridgehead atoms. The van der Waals surface area contributed by atoms with E-state index < -0.39 is 0 Å². The van der Waals surface area contributed by atoms with Gasteiger partial charge in [-0.25, -0.2) is 0 Å². The van der Waals surface area contributed by atoms with E-state index in [1.165, 1.54) is 16.7 Å². The highest BCUT2D eigenvalue weighted by Gasteiger charge is 1.99. The van der Waals surface area contributed by atoms with Crippen LogP contribution in [-0.4, -0.2) is 0 Å². The first kappa shape index (κ1) is 12.9. The minimum Gasteiger partial charge on any atom is -0.0622 e. The summed E-state index contributed by atoms with van der Waals surface area (Å²) in [7, 11) is 0. The predicted octanol–water partition coefficient (Wildman–Crippen LogP) is 5.00. The number of hydrogen-bond donors (Lipinski definition) is 0. The second-order valence-corrected chi connectivity index (χ2v) is 5.05. The van der Waals surface area contributed by atoms with Crippen molar-refractivity contribution in [2.45, 2.75) is 32.6 Å². The Morgan fingerprint density at radius 1 is 0.889 bits per heavy atom. The van der Waals surface area contributed by atoms with Crippen molar-refractivity contribution in [3.63, 3.8) is 0 Å². The lowest BCUT2D eigenvalue weighted by Gasteiger charge is -2.07. The zero-order chi connectivity index (χ0) is 12.8. The second-order valence-electron chi connectivity index (χ2n) is 5.05. The Balaban J connectivity index is 1.83. The second kappa shape index (κ2) is 6.39. The maximum Gasteiger partial charge on any atom is -0.00898 e. The first-order valence-corrected chi connectivity index (χ1v) is 6.73.